The molecule has 1 amide bonds. The van der Waals surface area contributed by atoms with Gasteiger partial charge in [-0.25, -0.2) is 0 Å². The number of benzene rings is 1. The maximum absolute atomic E-state index is 11.8. The predicted molar refractivity (Wildman–Crippen MR) is 71.2 cm³/mol. The van der Waals surface area contributed by atoms with E-state index in [0.29, 0.717) is 25.8 Å². The van der Waals surface area contributed by atoms with Crippen molar-refractivity contribution < 1.29 is 9.59 Å². The van der Waals surface area contributed by atoms with E-state index in [9.17, 15) is 9.59 Å². The topological polar surface area (TPSA) is 86.2 Å². The molecule has 4 nitrogen and oxygen atoms in total. The molecule has 0 unspecified atom stereocenters. The number of carbonyl (C=O) groups excluding carboxylic acids is 2. The van der Waals surface area contributed by atoms with Crippen LogP contribution in [-0.4, -0.2) is 18.2 Å². The zero-order valence-corrected chi connectivity index (χ0v) is 10.5. The summed E-state index contributed by atoms with van der Waals surface area (Å²) in [5.41, 5.74) is 12.2. The van der Waals surface area contributed by atoms with E-state index in [-0.39, 0.29) is 11.7 Å². The molecule has 0 aliphatic carbocycles. The number of hydrogen-bond acceptors (Lipinski definition) is 3. The van der Waals surface area contributed by atoms with Crippen molar-refractivity contribution in [3.63, 3.8) is 0 Å². The summed E-state index contributed by atoms with van der Waals surface area (Å²) in [6.07, 6.45) is 3.21. The van der Waals surface area contributed by atoms with E-state index >= 15 is 0 Å². The first-order chi connectivity index (χ1) is 8.63. The van der Waals surface area contributed by atoms with Crippen molar-refractivity contribution in [3.8, 4) is 0 Å². The van der Waals surface area contributed by atoms with Crippen LogP contribution in [0.4, 0.5) is 0 Å². The van der Waals surface area contributed by atoms with Crippen LogP contribution in [0.5, 0.6) is 0 Å². The minimum Gasteiger partial charge on any atom is -0.370 e. The number of rotatable bonds is 8. The highest BCUT2D eigenvalue weighted by Crippen LogP contribution is 2.10. The van der Waals surface area contributed by atoms with Crippen molar-refractivity contribution >= 4 is 11.7 Å². The van der Waals surface area contributed by atoms with Crippen LogP contribution in [0.15, 0.2) is 24.3 Å². The highest BCUT2D eigenvalue weighted by atomic mass is 16.1. The molecule has 0 bridgehead atoms. The molecule has 1 aromatic rings. The summed E-state index contributed by atoms with van der Waals surface area (Å²) >= 11 is 0. The van der Waals surface area contributed by atoms with Gasteiger partial charge in [0.2, 0.25) is 5.91 Å². The van der Waals surface area contributed by atoms with Crippen LogP contribution in [0.3, 0.4) is 0 Å². The number of ketones is 1. The molecular formula is C14H20N2O2. The Labute approximate surface area is 107 Å². The second kappa shape index (κ2) is 7.61. The molecule has 1 aromatic carbocycles. The lowest BCUT2D eigenvalue weighted by molar-refractivity contribution is -0.117. The van der Waals surface area contributed by atoms with Crippen LogP contribution in [-0.2, 0) is 11.2 Å². The monoisotopic (exact) mass is 248 g/mol. The summed E-state index contributed by atoms with van der Waals surface area (Å²) in [5.74, 6) is -0.165. The molecule has 4 heteroatoms. The number of unbranched alkanes of at least 4 members (excludes halogenated alkanes) is 1. The van der Waals surface area contributed by atoms with Gasteiger partial charge in [-0.15, -0.1) is 0 Å². The second-order valence-corrected chi connectivity index (χ2v) is 4.33. The summed E-state index contributed by atoms with van der Waals surface area (Å²) in [6.45, 7) is 0.624. The molecule has 98 valence electrons. The molecule has 0 saturated carbocycles. The third-order valence-corrected chi connectivity index (χ3v) is 2.79. The largest absolute Gasteiger partial charge is 0.370 e. The Morgan fingerprint density at radius 1 is 1.00 bits per heavy atom. The maximum Gasteiger partial charge on any atom is 0.217 e. The molecule has 18 heavy (non-hydrogen) atoms. The normalized spacial score (nSPS) is 10.3. The van der Waals surface area contributed by atoms with Crippen LogP contribution in [0.2, 0.25) is 0 Å². The molecule has 0 aliphatic rings. The van der Waals surface area contributed by atoms with Gasteiger partial charge < -0.3 is 11.5 Å². The SMILES string of the molecule is NCCCCC(=O)c1ccc(CCC(N)=O)cc1. The number of Topliss-reactive ketones (excluding diaryl/α,β-unsaturated/α-hetero) is 1. The van der Waals surface area contributed by atoms with E-state index in [2.05, 4.69) is 0 Å². The Morgan fingerprint density at radius 3 is 2.22 bits per heavy atom. The minimum atomic E-state index is -0.308. The highest BCUT2D eigenvalue weighted by Gasteiger charge is 2.05. The fourth-order valence-corrected chi connectivity index (χ4v) is 1.70. The third-order valence-electron chi connectivity index (χ3n) is 2.79. The quantitative estimate of drug-likeness (QED) is 0.539. The molecule has 0 saturated heterocycles. The average Bonchev–Trinajstić information content (AvgIpc) is 2.37. The van der Waals surface area contributed by atoms with E-state index in [1.54, 1.807) is 12.1 Å². The number of primary amides is 1. The molecule has 1 rings (SSSR count). The van der Waals surface area contributed by atoms with Crippen LogP contribution in [0, 0.1) is 0 Å². The first-order valence-electron chi connectivity index (χ1n) is 6.24. The van der Waals surface area contributed by atoms with Crippen molar-refractivity contribution in [2.24, 2.45) is 11.5 Å². The van der Waals surface area contributed by atoms with E-state index in [1.807, 2.05) is 12.1 Å². The van der Waals surface area contributed by atoms with E-state index in [0.717, 1.165) is 24.0 Å². The summed E-state index contributed by atoms with van der Waals surface area (Å²) in [6, 6.07) is 7.36. The van der Waals surface area contributed by atoms with Gasteiger partial charge in [0, 0.05) is 18.4 Å². The Bertz CT molecular complexity index is 399. The van der Waals surface area contributed by atoms with Crippen molar-refractivity contribution in [2.75, 3.05) is 6.54 Å². The molecule has 0 fully saturated rings. The molecule has 0 heterocycles. The first kappa shape index (κ1) is 14.4. The van der Waals surface area contributed by atoms with Gasteiger partial charge in [0.05, 0.1) is 0 Å². The molecule has 4 N–H and O–H groups in total. The van der Waals surface area contributed by atoms with Crippen LogP contribution >= 0.6 is 0 Å². The van der Waals surface area contributed by atoms with Crippen LogP contribution < -0.4 is 11.5 Å². The number of amides is 1. The van der Waals surface area contributed by atoms with Crippen molar-refractivity contribution in [1.29, 1.82) is 0 Å². The molecule has 0 aliphatic heterocycles. The van der Waals surface area contributed by atoms with Gasteiger partial charge in [-0.3, -0.25) is 9.59 Å². The average molecular weight is 248 g/mol. The van der Waals surface area contributed by atoms with E-state index in [4.69, 9.17) is 11.5 Å². The zero-order chi connectivity index (χ0) is 13.4. The molecule has 0 aromatic heterocycles. The standard InChI is InChI=1S/C14H20N2O2/c15-10-2-1-3-13(17)12-7-4-11(5-8-12)6-9-14(16)18/h4-5,7-8H,1-3,6,9-10,15H2,(H2,16,18). The lowest BCUT2D eigenvalue weighted by atomic mass is 10.0. The van der Waals surface area contributed by atoms with Gasteiger partial charge in [0.25, 0.3) is 0 Å². The second-order valence-electron chi connectivity index (χ2n) is 4.33. The van der Waals surface area contributed by atoms with Gasteiger partial charge >= 0.3 is 0 Å². The Kier molecular flexibility index (Phi) is 6.08. The first-order valence-corrected chi connectivity index (χ1v) is 6.24. The summed E-state index contributed by atoms with van der Waals surface area (Å²) in [4.78, 5) is 22.4. The third kappa shape index (κ3) is 5.10. The Balaban J connectivity index is 2.48. The maximum atomic E-state index is 11.8. The fraction of sp³-hybridized carbons (Fsp3) is 0.429. The number of nitrogens with two attached hydrogens (primary N) is 2. The van der Waals surface area contributed by atoms with Crippen molar-refractivity contribution in [2.45, 2.75) is 32.1 Å². The van der Waals surface area contributed by atoms with Crippen molar-refractivity contribution in [1.82, 2.24) is 0 Å². The van der Waals surface area contributed by atoms with E-state index in [1.165, 1.54) is 0 Å². The highest BCUT2D eigenvalue weighted by molar-refractivity contribution is 5.96. The minimum absolute atomic E-state index is 0.143. The van der Waals surface area contributed by atoms with Crippen LogP contribution in [0.1, 0.15) is 41.6 Å². The Hall–Kier alpha value is -1.68. The van der Waals surface area contributed by atoms with Gasteiger partial charge in [-0.05, 0) is 31.4 Å². The lowest BCUT2D eigenvalue weighted by Gasteiger charge is -2.03. The molecule has 0 radical (unpaired) electrons. The lowest BCUT2D eigenvalue weighted by Crippen LogP contribution is -2.11. The van der Waals surface area contributed by atoms with Gasteiger partial charge in [-0.2, -0.15) is 0 Å². The summed E-state index contributed by atoms with van der Waals surface area (Å²) < 4.78 is 0. The molecule has 0 spiro atoms. The van der Waals surface area contributed by atoms with Crippen molar-refractivity contribution in [3.05, 3.63) is 35.4 Å². The fourth-order valence-electron chi connectivity index (χ4n) is 1.70. The Morgan fingerprint density at radius 2 is 1.67 bits per heavy atom. The smallest absolute Gasteiger partial charge is 0.217 e. The zero-order valence-electron chi connectivity index (χ0n) is 10.5. The van der Waals surface area contributed by atoms with E-state index < -0.39 is 0 Å². The number of aryl methyl sites for hydroxylation is 1. The number of carbonyl (C=O) groups is 2. The van der Waals surface area contributed by atoms with Gasteiger partial charge in [0.15, 0.2) is 5.78 Å². The van der Waals surface area contributed by atoms with Gasteiger partial charge in [0.1, 0.15) is 0 Å². The number of hydrogen-bond donors (Lipinski definition) is 2. The molecule has 0 atom stereocenters. The predicted octanol–water partition coefficient (Wildman–Crippen LogP) is 1.42. The molecular weight excluding hydrogens is 228 g/mol. The van der Waals surface area contributed by atoms with Crippen LogP contribution in [0.25, 0.3) is 0 Å². The summed E-state index contributed by atoms with van der Waals surface area (Å²) in [5, 5.41) is 0. The summed E-state index contributed by atoms with van der Waals surface area (Å²) in [7, 11) is 0. The van der Waals surface area contributed by atoms with Gasteiger partial charge in [-0.1, -0.05) is 24.3 Å².